The lowest BCUT2D eigenvalue weighted by molar-refractivity contribution is 0.0632. The summed E-state index contributed by atoms with van der Waals surface area (Å²) in [5, 5.41) is 2.39. The summed E-state index contributed by atoms with van der Waals surface area (Å²) in [5.74, 6) is 0.272. The average molecular weight is 184 g/mol. The van der Waals surface area contributed by atoms with Crippen LogP contribution in [0.1, 0.15) is 20.8 Å². The van der Waals surface area contributed by atoms with Crippen molar-refractivity contribution >= 4 is 12.0 Å². The van der Waals surface area contributed by atoms with Crippen molar-refractivity contribution in [3.05, 3.63) is 12.6 Å². The van der Waals surface area contributed by atoms with Gasteiger partial charge < -0.3 is 9.15 Å². The van der Waals surface area contributed by atoms with E-state index in [9.17, 15) is 4.79 Å². The highest BCUT2D eigenvalue weighted by molar-refractivity contribution is 5.82. The van der Waals surface area contributed by atoms with Gasteiger partial charge in [-0.25, -0.2) is 9.78 Å². The van der Waals surface area contributed by atoms with Gasteiger partial charge in [0.25, 0.3) is 0 Å². The Hall–Kier alpha value is -1.52. The molecule has 0 saturated carbocycles. The standard InChI is InChI=1S/C8H12N2O3/c1-8(2,3)13-7(11)10-6-4-9-5-12-6/h4-5H,1-3H3,(H,10,11). The number of rotatable bonds is 1. The van der Waals surface area contributed by atoms with E-state index in [-0.39, 0.29) is 5.88 Å². The first-order valence-electron chi connectivity index (χ1n) is 3.86. The number of amides is 1. The van der Waals surface area contributed by atoms with Crippen molar-refractivity contribution in [3.63, 3.8) is 0 Å². The minimum atomic E-state index is -0.552. The predicted octanol–water partition coefficient (Wildman–Crippen LogP) is 2.02. The first kappa shape index (κ1) is 9.57. The Morgan fingerprint density at radius 3 is 2.77 bits per heavy atom. The minimum absolute atomic E-state index is 0.272. The molecule has 0 atom stereocenters. The third-order valence-corrected chi connectivity index (χ3v) is 1.06. The molecule has 5 heteroatoms. The van der Waals surface area contributed by atoms with Crippen LogP contribution in [0.3, 0.4) is 0 Å². The number of anilines is 1. The van der Waals surface area contributed by atoms with Crippen LogP contribution in [0.25, 0.3) is 0 Å². The molecule has 0 aliphatic rings. The lowest BCUT2D eigenvalue weighted by Gasteiger charge is -2.18. The van der Waals surface area contributed by atoms with Crippen molar-refractivity contribution in [2.24, 2.45) is 0 Å². The van der Waals surface area contributed by atoms with E-state index in [1.807, 2.05) is 0 Å². The third kappa shape index (κ3) is 3.59. The number of nitrogens with zero attached hydrogens (tertiary/aromatic N) is 1. The molecule has 0 aliphatic heterocycles. The van der Waals surface area contributed by atoms with Crippen molar-refractivity contribution in [3.8, 4) is 0 Å². The van der Waals surface area contributed by atoms with Gasteiger partial charge in [-0.3, -0.25) is 5.32 Å². The van der Waals surface area contributed by atoms with E-state index in [4.69, 9.17) is 9.15 Å². The minimum Gasteiger partial charge on any atom is -0.444 e. The van der Waals surface area contributed by atoms with Crippen LogP contribution in [0.4, 0.5) is 10.7 Å². The first-order chi connectivity index (χ1) is 5.97. The number of hydrogen-bond donors (Lipinski definition) is 1. The van der Waals surface area contributed by atoms with Crippen molar-refractivity contribution < 1.29 is 13.9 Å². The molecule has 0 fully saturated rings. The molecule has 5 nitrogen and oxygen atoms in total. The summed E-state index contributed by atoms with van der Waals surface area (Å²) < 4.78 is 9.77. The van der Waals surface area contributed by atoms with Crippen molar-refractivity contribution in [2.45, 2.75) is 26.4 Å². The summed E-state index contributed by atoms with van der Waals surface area (Å²) >= 11 is 0. The second kappa shape index (κ2) is 3.47. The molecule has 0 spiro atoms. The Balaban J connectivity index is 2.43. The van der Waals surface area contributed by atoms with Crippen LogP contribution in [0.5, 0.6) is 0 Å². The maximum absolute atomic E-state index is 11.1. The van der Waals surface area contributed by atoms with Gasteiger partial charge in [0.05, 0.1) is 6.20 Å². The summed E-state index contributed by atoms with van der Waals surface area (Å²) in [6.07, 6.45) is 2.07. The molecule has 1 rings (SSSR count). The zero-order chi connectivity index (χ0) is 9.90. The summed E-state index contributed by atoms with van der Waals surface area (Å²) in [7, 11) is 0. The van der Waals surface area contributed by atoms with E-state index in [1.165, 1.54) is 12.6 Å². The highest BCUT2D eigenvalue weighted by Gasteiger charge is 2.16. The van der Waals surface area contributed by atoms with Crippen LogP contribution in [-0.2, 0) is 4.74 Å². The number of hydrogen-bond acceptors (Lipinski definition) is 4. The van der Waals surface area contributed by atoms with Gasteiger partial charge in [0.15, 0.2) is 6.39 Å². The van der Waals surface area contributed by atoms with Gasteiger partial charge in [-0.2, -0.15) is 0 Å². The number of ether oxygens (including phenoxy) is 1. The van der Waals surface area contributed by atoms with Crippen LogP contribution in [0, 0.1) is 0 Å². The maximum Gasteiger partial charge on any atom is 0.414 e. The summed E-state index contributed by atoms with van der Waals surface area (Å²) in [6.45, 7) is 5.35. The number of nitrogens with one attached hydrogen (secondary N) is 1. The third-order valence-electron chi connectivity index (χ3n) is 1.06. The summed E-state index contributed by atoms with van der Waals surface area (Å²) in [6, 6.07) is 0. The topological polar surface area (TPSA) is 64.4 Å². The Kier molecular flexibility index (Phi) is 2.55. The van der Waals surface area contributed by atoms with Crippen molar-refractivity contribution in [1.29, 1.82) is 0 Å². The molecule has 0 aromatic carbocycles. The first-order valence-corrected chi connectivity index (χ1v) is 3.86. The number of aromatic nitrogens is 1. The van der Waals surface area contributed by atoms with Gasteiger partial charge in [0.1, 0.15) is 5.60 Å². The van der Waals surface area contributed by atoms with Gasteiger partial charge in [0.2, 0.25) is 5.88 Å². The van der Waals surface area contributed by atoms with Crippen LogP contribution >= 0.6 is 0 Å². The molecule has 0 unspecified atom stereocenters. The van der Waals surface area contributed by atoms with Crippen molar-refractivity contribution in [1.82, 2.24) is 4.98 Å². The molecule has 0 bridgehead atoms. The molecule has 1 heterocycles. The number of carbonyl (C=O) groups is 1. The molecule has 1 aromatic rings. The fraction of sp³-hybridized carbons (Fsp3) is 0.500. The summed E-state index contributed by atoms with van der Waals surface area (Å²) in [4.78, 5) is 14.7. The smallest absolute Gasteiger partial charge is 0.414 e. The zero-order valence-electron chi connectivity index (χ0n) is 7.83. The molecule has 72 valence electrons. The van der Waals surface area contributed by atoms with E-state index >= 15 is 0 Å². The molecular weight excluding hydrogens is 172 g/mol. The molecule has 1 aromatic heterocycles. The van der Waals surface area contributed by atoms with E-state index in [1.54, 1.807) is 20.8 Å². The van der Waals surface area contributed by atoms with Crippen molar-refractivity contribution in [2.75, 3.05) is 5.32 Å². The molecule has 0 aliphatic carbocycles. The van der Waals surface area contributed by atoms with Gasteiger partial charge in [-0.15, -0.1) is 0 Å². The van der Waals surface area contributed by atoms with Crippen LogP contribution in [0.15, 0.2) is 17.0 Å². The van der Waals surface area contributed by atoms with Gasteiger partial charge in [-0.05, 0) is 20.8 Å². The average Bonchev–Trinajstić information content (AvgIpc) is 2.34. The highest BCUT2D eigenvalue weighted by atomic mass is 16.6. The number of oxazole rings is 1. The second-order valence-electron chi connectivity index (χ2n) is 3.49. The second-order valence-corrected chi connectivity index (χ2v) is 3.49. The quantitative estimate of drug-likeness (QED) is 0.725. The lowest BCUT2D eigenvalue weighted by Crippen LogP contribution is -2.27. The molecular formula is C8H12N2O3. The summed E-state index contributed by atoms with van der Waals surface area (Å²) in [5.41, 5.74) is -0.510. The number of carbonyl (C=O) groups excluding carboxylic acids is 1. The Morgan fingerprint density at radius 1 is 1.62 bits per heavy atom. The van der Waals surface area contributed by atoms with Gasteiger partial charge >= 0.3 is 6.09 Å². The van der Waals surface area contributed by atoms with E-state index in [2.05, 4.69) is 10.3 Å². The largest absolute Gasteiger partial charge is 0.444 e. The molecule has 1 amide bonds. The molecule has 13 heavy (non-hydrogen) atoms. The van der Waals surface area contributed by atoms with E-state index < -0.39 is 11.7 Å². The van der Waals surface area contributed by atoms with Crippen LogP contribution in [-0.4, -0.2) is 16.7 Å². The fourth-order valence-electron chi connectivity index (χ4n) is 0.682. The molecule has 0 radical (unpaired) electrons. The van der Waals surface area contributed by atoms with Crippen LogP contribution in [0.2, 0.25) is 0 Å². The van der Waals surface area contributed by atoms with Gasteiger partial charge in [0, 0.05) is 0 Å². The Labute approximate surface area is 76.1 Å². The molecule has 0 saturated heterocycles. The van der Waals surface area contributed by atoms with Gasteiger partial charge in [-0.1, -0.05) is 0 Å². The Bertz CT molecular complexity index is 274. The maximum atomic E-state index is 11.1. The van der Waals surface area contributed by atoms with Crippen LogP contribution < -0.4 is 5.32 Å². The zero-order valence-corrected chi connectivity index (χ0v) is 7.83. The van der Waals surface area contributed by atoms with E-state index in [0.717, 1.165) is 0 Å². The Morgan fingerprint density at radius 2 is 2.31 bits per heavy atom. The fourth-order valence-corrected chi connectivity index (χ4v) is 0.682. The highest BCUT2D eigenvalue weighted by Crippen LogP contribution is 2.10. The van der Waals surface area contributed by atoms with E-state index in [0.29, 0.717) is 0 Å². The monoisotopic (exact) mass is 184 g/mol. The normalized spacial score (nSPS) is 11.0. The lowest BCUT2D eigenvalue weighted by atomic mass is 10.2. The predicted molar refractivity (Wildman–Crippen MR) is 46.4 cm³/mol. The molecule has 1 N–H and O–H groups in total. The SMILES string of the molecule is CC(C)(C)OC(=O)Nc1cnco1.